The molecule has 0 aromatic heterocycles. The van der Waals surface area contributed by atoms with Crippen LogP contribution in [0, 0.1) is 15.9 Å². The van der Waals surface area contributed by atoms with E-state index in [1.807, 2.05) is 5.43 Å². The van der Waals surface area contributed by atoms with Crippen LogP contribution in [0.3, 0.4) is 0 Å². The van der Waals surface area contributed by atoms with E-state index in [-0.39, 0.29) is 12.2 Å². The maximum atomic E-state index is 14.0. The molecule has 0 radical (unpaired) electrons. The average molecular weight is 338 g/mol. The topological polar surface area (TPSA) is 119 Å². The number of hydrogen-bond acceptors (Lipinski definition) is 7. The Balaban J connectivity index is 3.38. The van der Waals surface area contributed by atoms with E-state index in [1.54, 1.807) is 6.26 Å². The molecule has 0 bridgehead atoms. The Hall–Kier alpha value is -1.43. The lowest BCUT2D eigenvalue weighted by atomic mass is 10.3. The fourth-order valence-electron chi connectivity index (χ4n) is 1.55. The van der Waals surface area contributed by atoms with E-state index >= 15 is 0 Å². The van der Waals surface area contributed by atoms with E-state index in [4.69, 9.17) is 5.84 Å². The molecule has 0 fully saturated rings. The molecule has 0 saturated heterocycles. The maximum absolute atomic E-state index is 14.0. The number of halogens is 1. The molecule has 0 heterocycles. The zero-order valence-corrected chi connectivity index (χ0v) is 13.0. The Kier molecular flexibility index (Phi) is 5.89. The summed E-state index contributed by atoms with van der Waals surface area (Å²) < 4.78 is 39.7. The second kappa shape index (κ2) is 7.02. The van der Waals surface area contributed by atoms with Gasteiger partial charge in [-0.1, -0.05) is 0 Å². The molecule has 0 amide bonds. The van der Waals surface area contributed by atoms with Crippen LogP contribution in [0.1, 0.15) is 0 Å². The van der Waals surface area contributed by atoms with Crippen LogP contribution in [0.4, 0.5) is 15.8 Å². The van der Waals surface area contributed by atoms with E-state index < -0.39 is 31.3 Å². The molecule has 1 rings (SSSR count). The number of nitrogen functional groups attached to an aromatic ring is 1. The van der Waals surface area contributed by atoms with Crippen molar-refractivity contribution < 1.29 is 17.7 Å². The third-order valence-electron chi connectivity index (χ3n) is 2.67. The van der Waals surface area contributed by atoms with Gasteiger partial charge in [0.05, 0.1) is 16.7 Å². The Morgan fingerprint density at radius 2 is 2.14 bits per heavy atom. The largest absolute Gasteiger partial charge is 0.323 e. The van der Waals surface area contributed by atoms with Crippen molar-refractivity contribution in [2.75, 3.05) is 31.0 Å². The number of nitro benzene ring substituents is 1. The van der Waals surface area contributed by atoms with Gasteiger partial charge in [0.15, 0.2) is 5.82 Å². The van der Waals surface area contributed by atoms with Gasteiger partial charge in [0.2, 0.25) is 10.0 Å². The number of nitro groups is 1. The molecule has 0 aliphatic rings. The number of hydrazine groups is 1. The normalized spacial score (nSPS) is 11.7. The molecular weight excluding hydrogens is 323 g/mol. The predicted molar refractivity (Wildman–Crippen MR) is 79.1 cm³/mol. The number of anilines is 1. The summed E-state index contributed by atoms with van der Waals surface area (Å²) in [5, 5.41) is 10.7. The molecule has 1 aromatic rings. The summed E-state index contributed by atoms with van der Waals surface area (Å²) in [6, 6.07) is 1.43. The van der Waals surface area contributed by atoms with Crippen molar-refractivity contribution in [2.24, 2.45) is 5.84 Å². The minimum Gasteiger partial charge on any atom is -0.323 e. The Morgan fingerprint density at radius 1 is 1.52 bits per heavy atom. The summed E-state index contributed by atoms with van der Waals surface area (Å²) in [7, 11) is -2.85. The van der Waals surface area contributed by atoms with Crippen LogP contribution in [-0.4, -0.2) is 43.2 Å². The Bertz CT molecular complexity index is 638. The molecule has 0 aliphatic carbocycles. The molecule has 11 heteroatoms. The van der Waals surface area contributed by atoms with E-state index in [9.17, 15) is 22.9 Å². The van der Waals surface area contributed by atoms with E-state index in [0.29, 0.717) is 11.8 Å². The highest BCUT2D eigenvalue weighted by atomic mass is 32.2. The molecule has 0 saturated carbocycles. The standard InChI is InChI=1S/C10H15FN4O4S2/c1-14(3-4-20-2)21(18,19)10-8(11)5-7(15(16)17)6-9(10)13-12/h5-6,13H,3-4,12H2,1-2H3. The van der Waals surface area contributed by atoms with Gasteiger partial charge in [-0.3, -0.25) is 16.0 Å². The van der Waals surface area contributed by atoms with Crippen molar-refractivity contribution >= 4 is 33.2 Å². The van der Waals surface area contributed by atoms with Gasteiger partial charge in [-0.25, -0.2) is 12.8 Å². The fourth-order valence-corrected chi connectivity index (χ4v) is 3.47. The Morgan fingerprint density at radius 3 is 2.62 bits per heavy atom. The summed E-state index contributed by atoms with van der Waals surface area (Å²) in [6.07, 6.45) is 1.81. The van der Waals surface area contributed by atoms with Gasteiger partial charge in [0.25, 0.3) is 5.69 Å². The van der Waals surface area contributed by atoms with Crippen LogP contribution < -0.4 is 11.3 Å². The minimum absolute atomic E-state index is 0.171. The first-order valence-corrected chi connectivity index (χ1v) is 8.49. The lowest BCUT2D eigenvalue weighted by molar-refractivity contribution is -0.385. The summed E-state index contributed by atoms with van der Waals surface area (Å²) in [6.45, 7) is 0.171. The highest BCUT2D eigenvalue weighted by Crippen LogP contribution is 2.31. The number of thioether (sulfide) groups is 1. The maximum Gasteiger partial charge on any atom is 0.274 e. The first-order chi connectivity index (χ1) is 9.75. The van der Waals surface area contributed by atoms with Crippen molar-refractivity contribution in [3.05, 3.63) is 28.1 Å². The van der Waals surface area contributed by atoms with Gasteiger partial charge in [-0.2, -0.15) is 16.1 Å². The molecule has 1 aromatic carbocycles. The van der Waals surface area contributed by atoms with Gasteiger partial charge in [0.1, 0.15) is 4.90 Å². The summed E-state index contributed by atoms with van der Waals surface area (Å²) >= 11 is 1.43. The van der Waals surface area contributed by atoms with Crippen molar-refractivity contribution in [2.45, 2.75) is 4.90 Å². The molecule has 0 spiro atoms. The molecule has 21 heavy (non-hydrogen) atoms. The van der Waals surface area contributed by atoms with Crippen LogP contribution in [0.5, 0.6) is 0 Å². The summed E-state index contributed by atoms with van der Waals surface area (Å²) in [5.41, 5.74) is 1.04. The molecule has 3 N–H and O–H groups in total. The second-order valence-electron chi connectivity index (χ2n) is 4.03. The smallest absolute Gasteiger partial charge is 0.274 e. The average Bonchev–Trinajstić information content (AvgIpc) is 2.42. The molecule has 8 nitrogen and oxygen atoms in total. The van der Waals surface area contributed by atoms with E-state index in [2.05, 4.69) is 0 Å². The molecule has 0 aliphatic heterocycles. The van der Waals surface area contributed by atoms with Gasteiger partial charge in [-0.15, -0.1) is 0 Å². The Labute approximate surface area is 125 Å². The molecule has 118 valence electrons. The zero-order chi connectivity index (χ0) is 16.2. The lowest BCUT2D eigenvalue weighted by Crippen LogP contribution is -2.31. The van der Waals surface area contributed by atoms with E-state index in [0.717, 1.165) is 10.4 Å². The number of non-ortho nitro benzene ring substituents is 1. The quantitative estimate of drug-likeness (QED) is 0.432. The first-order valence-electron chi connectivity index (χ1n) is 5.65. The van der Waals surface area contributed by atoms with Crippen molar-refractivity contribution in [1.29, 1.82) is 0 Å². The number of nitrogens with zero attached hydrogens (tertiary/aromatic N) is 2. The number of benzene rings is 1. The fraction of sp³-hybridized carbons (Fsp3) is 0.400. The van der Waals surface area contributed by atoms with Gasteiger partial charge >= 0.3 is 0 Å². The highest BCUT2D eigenvalue weighted by molar-refractivity contribution is 7.98. The first kappa shape index (κ1) is 17.6. The van der Waals surface area contributed by atoms with Crippen molar-refractivity contribution in [3.63, 3.8) is 0 Å². The highest BCUT2D eigenvalue weighted by Gasteiger charge is 2.30. The van der Waals surface area contributed by atoms with Gasteiger partial charge in [-0.05, 0) is 6.26 Å². The zero-order valence-electron chi connectivity index (χ0n) is 11.4. The lowest BCUT2D eigenvalue weighted by Gasteiger charge is -2.19. The molecule has 0 unspecified atom stereocenters. The number of nitrogens with two attached hydrogens (primary N) is 1. The minimum atomic E-state index is -4.15. The van der Waals surface area contributed by atoms with Crippen molar-refractivity contribution in [3.8, 4) is 0 Å². The van der Waals surface area contributed by atoms with Gasteiger partial charge < -0.3 is 5.43 Å². The number of nitrogens with one attached hydrogen (secondary N) is 1. The predicted octanol–water partition coefficient (Wildman–Crippen LogP) is 1.00. The third kappa shape index (κ3) is 3.81. The molecular formula is C10H15FN4O4S2. The third-order valence-corrected chi connectivity index (χ3v) is 5.20. The number of sulfonamides is 1. The second-order valence-corrected chi connectivity index (χ2v) is 6.99. The van der Waals surface area contributed by atoms with Crippen LogP contribution in [-0.2, 0) is 10.0 Å². The monoisotopic (exact) mass is 338 g/mol. The van der Waals surface area contributed by atoms with Crippen LogP contribution in [0.25, 0.3) is 0 Å². The summed E-state index contributed by atoms with van der Waals surface area (Å²) in [5.74, 6) is 4.45. The van der Waals surface area contributed by atoms with Crippen LogP contribution >= 0.6 is 11.8 Å². The van der Waals surface area contributed by atoms with Gasteiger partial charge in [0, 0.05) is 25.4 Å². The number of hydrogen-bond donors (Lipinski definition) is 2. The van der Waals surface area contributed by atoms with Crippen molar-refractivity contribution in [1.82, 2.24) is 4.31 Å². The van der Waals surface area contributed by atoms with Crippen LogP contribution in [0.2, 0.25) is 0 Å². The summed E-state index contributed by atoms with van der Waals surface area (Å²) in [4.78, 5) is 9.12. The SMILES string of the molecule is CSCCN(C)S(=O)(=O)c1c(F)cc([N+](=O)[O-])cc1NN. The van der Waals surface area contributed by atoms with E-state index in [1.165, 1.54) is 18.8 Å². The molecule has 0 atom stereocenters. The van der Waals surface area contributed by atoms with Crippen LogP contribution in [0.15, 0.2) is 17.0 Å². The number of rotatable bonds is 7.